The van der Waals surface area contributed by atoms with Crippen LogP contribution in [0, 0.1) is 0 Å². The molecule has 0 radical (unpaired) electrons. The molecule has 0 bridgehead atoms. The van der Waals surface area contributed by atoms with Gasteiger partial charge in [-0.1, -0.05) is 42.5 Å². The average Bonchev–Trinajstić information content (AvgIpc) is 2.73. The number of carbonyl (C=O) groups excluding carboxylic acids is 1. The number of fused-ring (bicyclic) bond motifs is 1. The van der Waals surface area contributed by atoms with Crippen LogP contribution in [-0.4, -0.2) is 23.1 Å². The van der Waals surface area contributed by atoms with Gasteiger partial charge in [-0.15, -0.1) is 0 Å². The van der Waals surface area contributed by atoms with Crippen LogP contribution in [0.25, 0.3) is 11.1 Å². The van der Waals surface area contributed by atoms with Crippen molar-refractivity contribution in [3.8, 4) is 11.1 Å². The van der Waals surface area contributed by atoms with Crippen molar-refractivity contribution in [3.05, 3.63) is 59.7 Å². The van der Waals surface area contributed by atoms with E-state index in [-0.39, 0.29) is 12.1 Å². The molecule has 0 aromatic heterocycles. The molecular weight excluding hydrogens is 312 g/mol. The molecule has 2 aromatic carbocycles. The van der Waals surface area contributed by atoms with E-state index in [1.54, 1.807) is 4.90 Å². The lowest BCUT2D eigenvalue weighted by Gasteiger charge is -2.26. The van der Waals surface area contributed by atoms with E-state index in [1.165, 1.54) is 0 Å². The summed E-state index contributed by atoms with van der Waals surface area (Å²) in [5, 5.41) is 0. The third-order valence-corrected chi connectivity index (χ3v) is 4.37. The van der Waals surface area contributed by atoms with Crippen molar-refractivity contribution in [2.24, 2.45) is 5.73 Å². The molecule has 0 spiro atoms. The molecule has 4 nitrogen and oxygen atoms in total. The minimum absolute atomic E-state index is 0.0627. The number of hydrogen-bond donors (Lipinski definition) is 1. The largest absolute Gasteiger partial charge is 0.444 e. The molecule has 132 valence electrons. The molecular formula is C21H26N2O2. The second-order valence-electron chi connectivity index (χ2n) is 7.58. The van der Waals surface area contributed by atoms with Crippen molar-refractivity contribution >= 4 is 6.09 Å². The number of nitrogens with zero attached hydrogens (tertiary/aromatic N) is 1. The Kier molecular flexibility index (Phi) is 4.82. The highest BCUT2D eigenvalue weighted by Crippen LogP contribution is 2.30. The van der Waals surface area contributed by atoms with Gasteiger partial charge in [0.05, 0.1) is 0 Å². The first-order chi connectivity index (χ1) is 11.8. The first-order valence-corrected chi connectivity index (χ1v) is 8.75. The van der Waals surface area contributed by atoms with Gasteiger partial charge in [0.15, 0.2) is 0 Å². The summed E-state index contributed by atoms with van der Waals surface area (Å²) >= 11 is 0. The van der Waals surface area contributed by atoms with Crippen LogP contribution < -0.4 is 5.73 Å². The van der Waals surface area contributed by atoms with Crippen LogP contribution in [0.3, 0.4) is 0 Å². The molecule has 1 heterocycles. The van der Waals surface area contributed by atoms with Crippen LogP contribution in [0.15, 0.2) is 48.5 Å². The summed E-state index contributed by atoms with van der Waals surface area (Å²) in [6.45, 7) is 6.78. The van der Waals surface area contributed by atoms with Crippen molar-refractivity contribution in [2.45, 2.75) is 45.4 Å². The summed E-state index contributed by atoms with van der Waals surface area (Å²) in [5.41, 5.74) is 10.4. The quantitative estimate of drug-likeness (QED) is 0.833. The van der Waals surface area contributed by atoms with Gasteiger partial charge in [0.2, 0.25) is 0 Å². The van der Waals surface area contributed by atoms with Crippen molar-refractivity contribution < 1.29 is 9.53 Å². The van der Waals surface area contributed by atoms with Crippen LogP contribution >= 0.6 is 0 Å². The maximum absolute atomic E-state index is 12.5. The Labute approximate surface area is 149 Å². The highest BCUT2D eigenvalue weighted by Gasteiger charge is 2.27. The van der Waals surface area contributed by atoms with Crippen LogP contribution in [-0.2, 0) is 11.3 Å². The molecule has 1 unspecified atom stereocenters. The lowest BCUT2D eigenvalue weighted by molar-refractivity contribution is 0.0235. The van der Waals surface area contributed by atoms with Crippen LogP contribution in [0.5, 0.6) is 0 Å². The van der Waals surface area contributed by atoms with Gasteiger partial charge in [0, 0.05) is 19.1 Å². The molecule has 1 aliphatic rings. The minimum Gasteiger partial charge on any atom is -0.444 e. The van der Waals surface area contributed by atoms with E-state index in [1.807, 2.05) is 39.0 Å². The van der Waals surface area contributed by atoms with E-state index >= 15 is 0 Å². The number of carbonyl (C=O) groups is 1. The summed E-state index contributed by atoms with van der Waals surface area (Å²) in [6, 6.07) is 16.5. The van der Waals surface area contributed by atoms with Crippen LogP contribution in [0.2, 0.25) is 0 Å². The van der Waals surface area contributed by atoms with Crippen LogP contribution in [0.4, 0.5) is 4.79 Å². The van der Waals surface area contributed by atoms with Gasteiger partial charge >= 0.3 is 6.09 Å². The Hall–Kier alpha value is -2.33. The zero-order chi connectivity index (χ0) is 18.0. The van der Waals surface area contributed by atoms with Gasteiger partial charge in [-0.05, 0) is 55.5 Å². The molecule has 3 rings (SSSR count). The topological polar surface area (TPSA) is 55.6 Å². The monoisotopic (exact) mass is 338 g/mol. The van der Waals surface area contributed by atoms with Crippen molar-refractivity contribution in [2.75, 3.05) is 6.54 Å². The van der Waals surface area contributed by atoms with Gasteiger partial charge in [0.1, 0.15) is 5.60 Å². The molecule has 2 aromatic rings. The summed E-state index contributed by atoms with van der Waals surface area (Å²) in [5.74, 6) is 0. The summed E-state index contributed by atoms with van der Waals surface area (Å²) < 4.78 is 5.54. The van der Waals surface area contributed by atoms with Gasteiger partial charge in [-0.25, -0.2) is 4.79 Å². The molecule has 0 fully saturated rings. The van der Waals surface area contributed by atoms with E-state index in [2.05, 4.69) is 30.3 Å². The maximum atomic E-state index is 12.5. The normalized spacial score (nSPS) is 17.6. The average molecular weight is 338 g/mol. The second kappa shape index (κ2) is 6.89. The Morgan fingerprint density at radius 3 is 2.52 bits per heavy atom. The zero-order valence-corrected chi connectivity index (χ0v) is 15.2. The Balaban J connectivity index is 1.90. The third-order valence-electron chi connectivity index (χ3n) is 4.37. The number of hydrogen-bond acceptors (Lipinski definition) is 3. The molecule has 4 heteroatoms. The fraction of sp³-hybridized carbons (Fsp3) is 0.381. The smallest absolute Gasteiger partial charge is 0.410 e. The highest BCUT2D eigenvalue weighted by atomic mass is 16.6. The summed E-state index contributed by atoms with van der Waals surface area (Å²) in [4.78, 5) is 14.3. The molecule has 1 amide bonds. The van der Waals surface area contributed by atoms with E-state index in [9.17, 15) is 4.79 Å². The van der Waals surface area contributed by atoms with Gasteiger partial charge < -0.3 is 15.4 Å². The number of amides is 1. The predicted octanol–water partition coefficient (Wildman–Crippen LogP) is 4.49. The number of rotatable bonds is 1. The summed E-state index contributed by atoms with van der Waals surface area (Å²) in [7, 11) is 0. The standard InChI is InChI=1S/C21H26N2O2/c1-21(2,3)25-20(24)23-12-11-19(22)18-10-9-16(13-17(18)14-23)15-7-5-4-6-8-15/h4-10,13,19H,11-12,14,22H2,1-3H3. The Morgan fingerprint density at radius 2 is 1.84 bits per heavy atom. The maximum Gasteiger partial charge on any atom is 0.410 e. The molecule has 0 saturated carbocycles. The van der Waals surface area contributed by atoms with Gasteiger partial charge in [-0.3, -0.25) is 0 Å². The zero-order valence-electron chi connectivity index (χ0n) is 15.2. The van der Waals surface area contributed by atoms with Crippen LogP contribution in [0.1, 0.15) is 44.4 Å². The first-order valence-electron chi connectivity index (χ1n) is 8.75. The fourth-order valence-electron chi connectivity index (χ4n) is 3.13. The van der Waals surface area contributed by atoms with Gasteiger partial charge in [-0.2, -0.15) is 0 Å². The Bertz CT molecular complexity index is 750. The lowest BCUT2D eigenvalue weighted by Crippen LogP contribution is -2.36. The predicted molar refractivity (Wildman–Crippen MR) is 100 cm³/mol. The number of ether oxygens (including phenoxy) is 1. The van der Waals surface area contributed by atoms with E-state index in [0.29, 0.717) is 13.1 Å². The van der Waals surface area contributed by atoms with E-state index in [4.69, 9.17) is 10.5 Å². The highest BCUT2D eigenvalue weighted by molar-refractivity contribution is 5.69. The van der Waals surface area contributed by atoms with E-state index in [0.717, 1.165) is 28.7 Å². The third kappa shape index (κ3) is 4.20. The molecule has 1 aliphatic heterocycles. The number of benzene rings is 2. The van der Waals surface area contributed by atoms with Gasteiger partial charge in [0.25, 0.3) is 0 Å². The van der Waals surface area contributed by atoms with Crippen molar-refractivity contribution in [1.29, 1.82) is 0 Å². The minimum atomic E-state index is -0.500. The fourth-order valence-corrected chi connectivity index (χ4v) is 3.13. The summed E-state index contributed by atoms with van der Waals surface area (Å²) in [6.07, 6.45) is 0.453. The molecule has 25 heavy (non-hydrogen) atoms. The molecule has 2 N–H and O–H groups in total. The molecule has 1 atom stereocenters. The van der Waals surface area contributed by atoms with E-state index < -0.39 is 5.60 Å². The second-order valence-corrected chi connectivity index (χ2v) is 7.58. The van der Waals surface area contributed by atoms with Crippen molar-refractivity contribution in [3.63, 3.8) is 0 Å². The Morgan fingerprint density at radius 1 is 1.12 bits per heavy atom. The van der Waals surface area contributed by atoms with Crippen molar-refractivity contribution in [1.82, 2.24) is 4.90 Å². The lowest BCUT2D eigenvalue weighted by atomic mass is 9.95. The molecule has 0 saturated heterocycles. The number of nitrogens with two attached hydrogens (primary N) is 1. The first kappa shape index (κ1) is 17.5. The molecule has 0 aliphatic carbocycles. The SMILES string of the molecule is CC(C)(C)OC(=O)N1CCC(N)c2ccc(-c3ccccc3)cc2C1.